The Morgan fingerprint density at radius 1 is 1.00 bits per heavy atom. The molecule has 152 valence electrons. The first kappa shape index (κ1) is 20.7. The predicted molar refractivity (Wildman–Crippen MR) is 107 cm³/mol. The molecule has 0 bridgehead atoms. The molecule has 9 heteroatoms. The number of benzene rings is 2. The van der Waals surface area contributed by atoms with E-state index in [1.54, 1.807) is 19.2 Å². The molecule has 0 aliphatic carbocycles. The van der Waals surface area contributed by atoms with Gasteiger partial charge in [0, 0.05) is 19.7 Å². The van der Waals surface area contributed by atoms with Crippen molar-refractivity contribution in [3.8, 4) is 11.5 Å². The summed E-state index contributed by atoms with van der Waals surface area (Å²) in [5.41, 5.74) is 1.74. The highest BCUT2D eigenvalue weighted by Crippen LogP contribution is 2.18. The number of sulfonamides is 1. The van der Waals surface area contributed by atoms with Gasteiger partial charge in [-0.05, 0) is 31.2 Å². The standard InChI is InChI=1S/C20H22N4O4S/c1-15-9-11-17(12-10-15)29(26,27)24(3)14-19(25)23(2)13-18-21-22-20(28-18)16-7-5-4-6-8-16/h4-12H,13-14H2,1-3H3. The Bertz CT molecular complexity index is 1080. The van der Waals surface area contributed by atoms with Gasteiger partial charge in [0.25, 0.3) is 0 Å². The molecule has 2 aromatic carbocycles. The second-order valence-corrected chi connectivity index (χ2v) is 8.74. The zero-order valence-electron chi connectivity index (χ0n) is 16.4. The average Bonchev–Trinajstić information content (AvgIpc) is 3.17. The number of aryl methyl sites for hydroxylation is 1. The minimum Gasteiger partial charge on any atom is -0.419 e. The van der Waals surface area contributed by atoms with Crippen LogP contribution >= 0.6 is 0 Å². The average molecular weight is 414 g/mol. The van der Waals surface area contributed by atoms with Crippen molar-refractivity contribution in [2.75, 3.05) is 20.6 Å². The molecule has 0 fully saturated rings. The molecule has 1 amide bonds. The molecule has 0 saturated carbocycles. The van der Waals surface area contributed by atoms with Crippen molar-refractivity contribution >= 4 is 15.9 Å². The molecule has 0 saturated heterocycles. The van der Waals surface area contributed by atoms with Crippen molar-refractivity contribution in [2.45, 2.75) is 18.4 Å². The number of likely N-dealkylation sites (N-methyl/N-ethyl adjacent to an activating group) is 2. The molecular weight excluding hydrogens is 392 g/mol. The molecule has 0 radical (unpaired) electrons. The monoisotopic (exact) mass is 414 g/mol. The van der Waals surface area contributed by atoms with E-state index in [9.17, 15) is 13.2 Å². The van der Waals surface area contributed by atoms with E-state index in [-0.39, 0.29) is 29.8 Å². The third-order valence-electron chi connectivity index (χ3n) is 4.37. The second-order valence-electron chi connectivity index (χ2n) is 6.69. The van der Waals surface area contributed by atoms with Crippen LogP contribution in [0.15, 0.2) is 63.9 Å². The highest BCUT2D eigenvalue weighted by atomic mass is 32.2. The summed E-state index contributed by atoms with van der Waals surface area (Å²) in [6.07, 6.45) is 0. The van der Waals surface area contributed by atoms with Crippen LogP contribution in [0.1, 0.15) is 11.5 Å². The molecule has 3 aromatic rings. The Kier molecular flexibility index (Phi) is 6.09. The fourth-order valence-corrected chi connectivity index (χ4v) is 3.71. The molecular formula is C20H22N4O4S. The number of rotatable bonds is 7. The normalized spacial score (nSPS) is 11.6. The van der Waals surface area contributed by atoms with Gasteiger partial charge in [-0.1, -0.05) is 35.9 Å². The molecule has 0 aliphatic heterocycles. The van der Waals surface area contributed by atoms with Crippen molar-refractivity contribution in [2.24, 2.45) is 0 Å². The Balaban J connectivity index is 1.63. The van der Waals surface area contributed by atoms with Crippen molar-refractivity contribution in [1.29, 1.82) is 0 Å². The first-order valence-corrected chi connectivity index (χ1v) is 10.4. The summed E-state index contributed by atoms with van der Waals surface area (Å²) in [5, 5.41) is 7.94. The highest BCUT2D eigenvalue weighted by molar-refractivity contribution is 7.89. The molecule has 3 rings (SSSR count). The summed E-state index contributed by atoms with van der Waals surface area (Å²) in [6.45, 7) is 1.66. The highest BCUT2D eigenvalue weighted by Gasteiger charge is 2.24. The van der Waals surface area contributed by atoms with Crippen LogP contribution in [0.2, 0.25) is 0 Å². The Labute approximate surface area is 169 Å². The van der Waals surface area contributed by atoms with Gasteiger partial charge in [-0.2, -0.15) is 4.31 Å². The van der Waals surface area contributed by atoms with Crippen molar-refractivity contribution in [1.82, 2.24) is 19.4 Å². The Morgan fingerprint density at radius 3 is 2.31 bits per heavy atom. The smallest absolute Gasteiger partial charge is 0.247 e. The van der Waals surface area contributed by atoms with E-state index < -0.39 is 10.0 Å². The van der Waals surface area contributed by atoms with E-state index in [0.29, 0.717) is 5.89 Å². The largest absolute Gasteiger partial charge is 0.419 e. The van der Waals surface area contributed by atoms with Crippen LogP contribution < -0.4 is 0 Å². The summed E-state index contributed by atoms with van der Waals surface area (Å²) >= 11 is 0. The molecule has 29 heavy (non-hydrogen) atoms. The zero-order chi connectivity index (χ0) is 21.0. The van der Waals surface area contributed by atoms with Gasteiger partial charge in [0.1, 0.15) is 0 Å². The van der Waals surface area contributed by atoms with Gasteiger partial charge in [0.15, 0.2) is 0 Å². The first-order chi connectivity index (χ1) is 13.8. The number of carbonyl (C=O) groups is 1. The third kappa shape index (κ3) is 4.87. The Hall–Kier alpha value is -3.04. The van der Waals surface area contributed by atoms with Crippen LogP contribution in [0.5, 0.6) is 0 Å². The number of hydrogen-bond donors (Lipinski definition) is 0. The molecule has 0 unspecified atom stereocenters. The van der Waals surface area contributed by atoms with Crippen LogP contribution in [0, 0.1) is 6.92 Å². The molecule has 0 atom stereocenters. The molecule has 0 aliphatic rings. The summed E-state index contributed by atoms with van der Waals surface area (Å²) in [5.74, 6) is 0.243. The number of nitrogens with zero attached hydrogens (tertiary/aromatic N) is 4. The molecule has 8 nitrogen and oxygen atoms in total. The zero-order valence-corrected chi connectivity index (χ0v) is 17.3. The maximum atomic E-state index is 12.6. The van der Waals surface area contributed by atoms with E-state index >= 15 is 0 Å². The SMILES string of the molecule is Cc1ccc(S(=O)(=O)N(C)CC(=O)N(C)Cc2nnc(-c3ccccc3)o2)cc1. The van der Waals surface area contributed by atoms with E-state index in [0.717, 1.165) is 15.4 Å². The van der Waals surface area contributed by atoms with Crippen molar-refractivity contribution in [3.05, 3.63) is 66.1 Å². The summed E-state index contributed by atoms with van der Waals surface area (Å²) in [6, 6.07) is 15.8. The van der Waals surface area contributed by atoms with Gasteiger partial charge in [-0.15, -0.1) is 10.2 Å². The third-order valence-corrected chi connectivity index (χ3v) is 6.19. The summed E-state index contributed by atoms with van der Waals surface area (Å²) in [7, 11) is -0.822. The van der Waals surface area contributed by atoms with Gasteiger partial charge in [-0.25, -0.2) is 8.42 Å². The lowest BCUT2D eigenvalue weighted by atomic mass is 10.2. The maximum absolute atomic E-state index is 12.6. The molecule has 0 spiro atoms. The van der Waals surface area contributed by atoms with E-state index in [4.69, 9.17) is 4.42 Å². The van der Waals surface area contributed by atoms with E-state index in [1.807, 2.05) is 37.3 Å². The van der Waals surface area contributed by atoms with E-state index in [1.165, 1.54) is 24.1 Å². The minimum atomic E-state index is -3.75. The van der Waals surface area contributed by atoms with E-state index in [2.05, 4.69) is 10.2 Å². The van der Waals surface area contributed by atoms with Crippen molar-refractivity contribution < 1.29 is 17.6 Å². The second kappa shape index (κ2) is 8.54. The lowest BCUT2D eigenvalue weighted by Crippen LogP contribution is -2.39. The Morgan fingerprint density at radius 2 is 1.66 bits per heavy atom. The molecule has 1 heterocycles. The predicted octanol–water partition coefficient (Wildman–Crippen LogP) is 2.32. The van der Waals surface area contributed by atoms with Gasteiger partial charge >= 0.3 is 0 Å². The number of carbonyl (C=O) groups excluding carboxylic acids is 1. The molecule has 1 aromatic heterocycles. The fourth-order valence-electron chi connectivity index (χ4n) is 2.59. The van der Waals surface area contributed by atoms with Gasteiger partial charge in [0.2, 0.25) is 27.7 Å². The minimum absolute atomic E-state index is 0.0804. The molecule has 0 N–H and O–H groups in total. The van der Waals surface area contributed by atoms with Crippen molar-refractivity contribution in [3.63, 3.8) is 0 Å². The topological polar surface area (TPSA) is 96.6 Å². The lowest BCUT2D eigenvalue weighted by Gasteiger charge is -2.21. The quantitative estimate of drug-likeness (QED) is 0.589. The van der Waals surface area contributed by atoms with Crippen LogP contribution in [-0.2, 0) is 21.4 Å². The van der Waals surface area contributed by atoms with Gasteiger partial charge in [0.05, 0.1) is 18.0 Å². The van der Waals surface area contributed by atoms with Gasteiger partial charge in [-0.3, -0.25) is 4.79 Å². The maximum Gasteiger partial charge on any atom is 0.247 e. The van der Waals surface area contributed by atoms with Crippen LogP contribution in [0.25, 0.3) is 11.5 Å². The van der Waals surface area contributed by atoms with Crippen LogP contribution in [-0.4, -0.2) is 54.4 Å². The van der Waals surface area contributed by atoms with Gasteiger partial charge < -0.3 is 9.32 Å². The summed E-state index contributed by atoms with van der Waals surface area (Å²) < 4.78 is 31.9. The fraction of sp³-hybridized carbons (Fsp3) is 0.250. The summed E-state index contributed by atoms with van der Waals surface area (Å²) in [4.78, 5) is 14.0. The van der Waals surface area contributed by atoms with Crippen LogP contribution in [0.3, 0.4) is 0 Å². The first-order valence-electron chi connectivity index (χ1n) is 8.92. The number of aromatic nitrogens is 2. The number of amides is 1. The number of hydrogen-bond acceptors (Lipinski definition) is 6. The lowest BCUT2D eigenvalue weighted by molar-refractivity contribution is -0.130. The van der Waals surface area contributed by atoms with Crippen LogP contribution in [0.4, 0.5) is 0 Å².